The third-order valence-electron chi connectivity index (χ3n) is 3.61. The molecule has 2 N–H and O–H groups in total. The minimum Gasteiger partial charge on any atom is -0.492 e. The van der Waals surface area contributed by atoms with E-state index in [1.807, 2.05) is 0 Å². The molecule has 0 unspecified atom stereocenters. The lowest BCUT2D eigenvalue weighted by Gasteiger charge is -1.99. The van der Waals surface area contributed by atoms with E-state index < -0.39 is 11.5 Å². The van der Waals surface area contributed by atoms with Gasteiger partial charge in [0.2, 0.25) is 5.88 Å². The third kappa shape index (κ3) is 4.65. The summed E-state index contributed by atoms with van der Waals surface area (Å²) >= 11 is 0. The molecule has 0 aliphatic rings. The predicted octanol–water partition coefficient (Wildman–Crippen LogP) is 0.947. The highest BCUT2D eigenvalue weighted by atomic mass is 16.4. The zero-order chi connectivity index (χ0) is 19.9. The summed E-state index contributed by atoms with van der Waals surface area (Å²) in [6.07, 6.45) is 6.36. The fourth-order valence-electron chi connectivity index (χ4n) is 2.23. The Morgan fingerprint density at radius 1 is 1.18 bits per heavy atom. The minimum atomic E-state index is -1.00. The molecule has 0 saturated carbocycles. The van der Waals surface area contributed by atoms with Crippen LogP contribution in [-0.4, -0.2) is 35.3 Å². The van der Waals surface area contributed by atoms with Crippen molar-refractivity contribution in [2.24, 2.45) is 0 Å². The molecule has 2 heterocycles. The Balaban J connectivity index is 1.77. The number of aromatic hydroxyl groups is 1. The lowest BCUT2D eigenvalue weighted by molar-refractivity contribution is 0.0697. The van der Waals surface area contributed by atoms with Crippen molar-refractivity contribution in [3.63, 3.8) is 0 Å². The Morgan fingerprint density at radius 2 is 1.96 bits per heavy atom. The summed E-state index contributed by atoms with van der Waals surface area (Å²) in [7, 11) is 0. The van der Waals surface area contributed by atoms with Gasteiger partial charge in [-0.3, -0.25) is 4.79 Å². The number of hydrogen-bond acceptors (Lipinski definition) is 5. The largest absolute Gasteiger partial charge is 0.492 e. The minimum absolute atomic E-state index is 0.111. The van der Waals surface area contributed by atoms with Crippen LogP contribution in [0.25, 0.3) is 0 Å². The number of carboxylic acid groups (broad SMARTS) is 1. The van der Waals surface area contributed by atoms with Gasteiger partial charge in [0.1, 0.15) is 0 Å². The average molecular weight is 374 g/mol. The van der Waals surface area contributed by atoms with Crippen molar-refractivity contribution in [2.45, 2.75) is 13.0 Å². The normalized spacial score (nSPS) is 9.71. The smallest absolute Gasteiger partial charge is 0.335 e. The Bertz CT molecular complexity index is 1170. The molecule has 0 atom stereocenters. The Morgan fingerprint density at radius 3 is 2.64 bits per heavy atom. The molecule has 1 aromatic carbocycles. The maximum Gasteiger partial charge on any atom is 0.335 e. The molecule has 0 spiro atoms. The van der Waals surface area contributed by atoms with Crippen molar-refractivity contribution in [3.8, 4) is 29.7 Å². The average Bonchev–Trinajstić information content (AvgIpc) is 3.19. The van der Waals surface area contributed by atoms with Gasteiger partial charge in [-0.05, 0) is 23.6 Å². The molecule has 3 aromatic rings. The maximum absolute atomic E-state index is 12.4. The molecule has 0 aliphatic carbocycles. The van der Waals surface area contributed by atoms with E-state index in [0.29, 0.717) is 13.0 Å². The summed E-state index contributed by atoms with van der Waals surface area (Å²) < 4.78 is 2.75. The van der Waals surface area contributed by atoms with Gasteiger partial charge in [-0.25, -0.2) is 14.3 Å². The molecular weight excluding hydrogens is 360 g/mol. The van der Waals surface area contributed by atoms with Crippen LogP contribution in [0.15, 0.2) is 54.0 Å². The topological polar surface area (TPSA) is 110 Å². The van der Waals surface area contributed by atoms with Crippen molar-refractivity contribution in [2.75, 3.05) is 0 Å². The molecule has 138 valence electrons. The molecule has 0 aliphatic heterocycles. The van der Waals surface area contributed by atoms with Gasteiger partial charge in [-0.1, -0.05) is 24.0 Å². The van der Waals surface area contributed by atoms with Crippen molar-refractivity contribution in [3.05, 3.63) is 76.4 Å². The Kier molecular flexibility index (Phi) is 5.54. The summed E-state index contributed by atoms with van der Waals surface area (Å²) in [5, 5.41) is 18.6. The number of carbonyl (C=O) groups is 1. The first-order valence-corrected chi connectivity index (χ1v) is 8.11. The molecule has 8 heteroatoms. The van der Waals surface area contributed by atoms with E-state index in [1.165, 1.54) is 12.1 Å². The van der Waals surface area contributed by atoms with Gasteiger partial charge < -0.3 is 14.8 Å². The molecule has 0 fully saturated rings. The summed E-state index contributed by atoms with van der Waals surface area (Å²) in [6.45, 7) is 0.328. The SMILES string of the molecule is O=C(O)c1ccc(CC#Cn2cc(O)nc(C#CCn3ccnc3)c2=O)cc1. The van der Waals surface area contributed by atoms with E-state index in [-0.39, 0.29) is 17.1 Å². The first-order valence-electron chi connectivity index (χ1n) is 8.11. The lowest BCUT2D eigenvalue weighted by atomic mass is 10.1. The second-order valence-electron chi connectivity index (χ2n) is 5.63. The van der Waals surface area contributed by atoms with Gasteiger partial charge >= 0.3 is 5.97 Å². The molecule has 2 aromatic heterocycles. The van der Waals surface area contributed by atoms with Gasteiger partial charge in [-0.2, -0.15) is 4.98 Å². The molecule has 0 amide bonds. The van der Waals surface area contributed by atoms with E-state index in [2.05, 4.69) is 33.8 Å². The monoisotopic (exact) mass is 374 g/mol. The van der Waals surface area contributed by atoms with E-state index in [4.69, 9.17) is 5.11 Å². The van der Waals surface area contributed by atoms with Gasteiger partial charge in [0.15, 0.2) is 5.69 Å². The number of hydrogen-bond donors (Lipinski definition) is 2. The first kappa shape index (κ1) is 18.5. The first-order chi connectivity index (χ1) is 13.5. The number of rotatable bonds is 3. The van der Waals surface area contributed by atoms with Crippen molar-refractivity contribution in [1.29, 1.82) is 0 Å². The molecule has 3 rings (SSSR count). The Hall–Kier alpha value is -4.30. The predicted molar refractivity (Wildman–Crippen MR) is 99.5 cm³/mol. The molecule has 28 heavy (non-hydrogen) atoms. The van der Waals surface area contributed by atoms with E-state index >= 15 is 0 Å². The van der Waals surface area contributed by atoms with Gasteiger partial charge in [0, 0.05) is 24.9 Å². The van der Waals surface area contributed by atoms with Gasteiger partial charge in [0.05, 0.1) is 24.6 Å². The van der Waals surface area contributed by atoms with Crippen LogP contribution in [0, 0.1) is 23.8 Å². The van der Waals surface area contributed by atoms with E-state index in [0.717, 1.165) is 16.3 Å². The summed E-state index contributed by atoms with van der Waals surface area (Å²) in [4.78, 5) is 30.9. The second kappa shape index (κ2) is 8.39. The number of imidazole rings is 1. The van der Waals surface area contributed by atoms with Crippen molar-refractivity contribution in [1.82, 2.24) is 19.1 Å². The van der Waals surface area contributed by atoms with Crippen LogP contribution in [0.2, 0.25) is 0 Å². The number of benzene rings is 1. The van der Waals surface area contributed by atoms with Crippen LogP contribution in [0.1, 0.15) is 21.6 Å². The standard InChI is InChI=1S/C20H14N4O4/c25-18-13-24(11-1-3-15-5-7-16(8-6-15)20(27)28)19(26)17(22-18)4-2-10-23-12-9-21-14-23/h5-9,12-14,25H,3,10H2,(H,27,28). The van der Waals surface area contributed by atoms with Crippen LogP contribution >= 0.6 is 0 Å². The summed E-state index contributed by atoms with van der Waals surface area (Å²) in [6, 6.07) is 8.91. The summed E-state index contributed by atoms with van der Waals surface area (Å²) in [5.41, 5.74) is 0.333. The summed E-state index contributed by atoms with van der Waals surface area (Å²) in [5.74, 6) is 6.85. The fraction of sp³-hybridized carbons (Fsp3) is 0.100. The second-order valence-corrected chi connectivity index (χ2v) is 5.63. The quantitative estimate of drug-likeness (QED) is 0.661. The third-order valence-corrected chi connectivity index (χ3v) is 3.61. The number of nitrogens with zero attached hydrogens (tertiary/aromatic N) is 4. The van der Waals surface area contributed by atoms with Crippen molar-refractivity contribution < 1.29 is 15.0 Å². The van der Waals surface area contributed by atoms with Crippen LogP contribution < -0.4 is 5.56 Å². The van der Waals surface area contributed by atoms with Crippen LogP contribution in [0.3, 0.4) is 0 Å². The van der Waals surface area contributed by atoms with E-state index in [1.54, 1.807) is 35.4 Å². The van der Waals surface area contributed by atoms with Crippen LogP contribution in [-0.2, 0) is 13.0 Å². The zero-order valence-electron chi connectivity index (χ0n) is 14.5. The maximum atomic E-state index is 12.4. The number of aromatic carboxylic acids is 1. The van der Waals surface area contributed by atoms with Crippen molar-refractivity contribution >= 4 is 5.97 Å². The Labute approximate surface area is 159 Å². The zero-order valence-corrected chi connectivity index (χ0v) is 14.5. The molecule has 0 saturated heterocycles. The van der Waals surface area contributed by atoms with Gasteiger partial charge in [-0.15, -0.1) is 0 Å². The van der Waals surface area contributed by atoms with E-state index in [9.17, 15) is 14.7 Å². The molecule has 8 nitrogen and oxygen atoms in total. The number of carboxylic acids is 1. The molecule has 0 radical (unpaired) electrons. The van der Waals surface area contributed by atoms with Gasteiger partial charge in [0.25, 0.3) is 5.56 Å². The van der Waals surface area contributed by atoms with Crippen LogP contribution in [0.5, 0.6) is 5.88 Å². The highest BCUT2D eigenvalue weighted by molar-refractivity contribution is 5.87. The highest BCUT2D eigenvalue weighted by Crippen LogP contribution is 2.05. The highest BCUT2D eigenvalue weighted by Gasteiger charge is 2.05. The molecular formula is C20H14N4O4. The number of aromatic nitrogens is 4. The lowest BCUT2D eigenvalue weighted by Crippen LogP contribution is -2.20. The molecule has 0 bridgehead atoms. The fourth-order valence-corrected chi connectivity index (χ4v) is 2.23. The van der Waals surface area contributed by atoms with Crippen LogP contribution in [0.4, 0.5) is 0 Å².